The quantitative estimate of drug-likeness (QED) is 0.423. The van der Waals surface area contributed by atoms with Gasteiger partial charge in [-0.25, -0.2) is 27.1 Å². The van der Waals surface area contributed by atoms with Gasteiger partial charge in [-0.15, -0.1) is 0 Å². The van der Waals surface area contributed by atoms with Crippen LogP contribution < -0.4 is 4.72 Å². The van der Waals surface area contributed by atoms with Crippen LogP contribution in [0.3, 0.4) is 0 Å². The second-order valence-electron chi connectivity index (χ2n) is 7.06. The van der Waals surface area contributed by atoms with Crippen LogP contribution in [0.4, 0.5) is 14.5 Å². The van der Waals surface area contributed by atoms with E-state index >= 15 is 0 Å². The van der Waals surface area contributed by atoms with Crippen LogP contribution in [0.15, 0.2) is 39.7 Å². The molecule has 11 heteroatoms. The van der Waals surface area contributed by atoms with E-state index in [4.69, 9.17) is 5.21 Å². The molecule has 2 aromatic rings. The van der Waals surface area contributed by atoms with Crippen molar-refractivity contribution in [1.82, 2.24) is 9.62 Å². The molecule has 0 saturated carbocycles. The third-order valence-electron chi connectivity index (χ3n) is 4.93. The Morgan fingerprint density at radius 1 is 1.17 bits per heavy atom. The zero-order valence-electron chi connectivity index (χ0n) is 15.9. The Bertz CT molecular complexity index is 1040. The fraction of sp³-hybridized carbons (Fsp3) is 0.368. The van der Waals surface area contributed by atoms with Crippen molar-refractivity contribution in [3.8, 4) is 0 Å². The molecule has 1 aliphatic rings. The Kier molecular flexibility index (Phi) is 7.17. The summed E-state index contributed by atoms with van der Waals surface area (Å²) in [5, 5.41) is 9.05. The van der Waals surface area contributed by atoms with Gasteiger partial charge in [0.25, 0.3) is 4.92 Å². The summed E-state index contributed by atoms with van der Waals surface area (Å²) in [6.07, 6.45) is 2.07. The molecule has 0 bridgehead atoms. The van der Waals surface area contributed by atoms with Crippen molar-refractivity contribution in [1.29, 1.82) is 0 Å². The van der Waals surface area contributed by atoms with Gasteiger partial charge in [0.1, 0.15) is 16.5 Å². The van der Waals surface area contributed by atoms with E-state index < -0.39 is 26.6 Å². The maximum absolute atomic E-state index is 13.9. The van der Waals surface area contributed by atoms with Gasteiger partial charge in [0.2, 0.25) is 10.0 Å². The van der Waals surface area contributed by atoms with Gasteiger partial charge < -0.3 is 0 Å². The predicted octanol–water partition coefficient (Wildman–Crippen LogP) is 3.64. The van der Waals surface area contributed by atoms with Gasteiger partial charge in [0.15, 0.2) is 0 Å². The largest absolute Gasteiger partial charge is 0.316 e. The molecule has 0 saturated heterocycles. The van der Waals surface area contributed by atoms with Crippen LogP contribution in [0.1, 0.15) is 24.0 Å². The van der Waals surface area contributed by atoms with Crippen molar-refractivity contribution in [3.05, 3.63) is 62.5 Å². The minimum absolute atomic E-state index is 0.121. The summed E-state index contributed by atoms with van der Waals surface area (Å²) in [6, 6.07) is 6.51. The first-order valence-corrected chi connectivity index (χ1v) is 11.6. The van der Waals surface area contributed by atoms with E-state index in [2.05, 4.69) is 25.6 Å². The third kappa shape index (κ3) is 5.39. The number of rotatable bonds is 8. The van der Waals surface area contributed by atoms with E-state index in [9.17, 15) is 22.1 Å². The zero-order chi connectivity index (χ0) is 21.9. The second kappa shape index (κ2) is 9.46. The first-order valence-electron chi connectivity index (χ1n) is 9.32. The number of hydrogen-bond acceptors (Lipinski definition) is 4. The first kappa shape index (κ1) is 22.7. The molecule has 7 nitrogen and oxygen atoms in total. The molecule has 30 heavy (non-hydrogen) atoms. The Labute approximate surface area is 181 Å². The van der Waals surface area contributed by atoms with Crippen LogP contribution in [-0.2, 0) is 23.0 Å². The minimum Gasteiger partial charge on any atom is -0.299 e. The molecule has 0 aliphatic carbocycles. The summed E-state index contributed by atoms with van der Waals surface area (Å²) < 4.78 is 53.8. The minimum atomic E-state index is -4.11. The van der Waals surface area contributed by atoms with Crippen molar-refractivity contribution >= 4 is 31.6 Å². The number of sulfonamides is 1. The van der Waals surface area contributed by atoms with E-state index in [0.717, 1.165) is 36.7 Å². The lowest BCUT2D eigenvalue weighted by molar-refractivity contribution is -0.729. The standard InChI is InChI=1S/C19H21BrF2N3O4S/c20-17-10-15(21)11-18(22)19(17)30(28,29)23-6-1-2-7-24-8-5-13-3-4-16(25(26)27)9-14(13)12-24/h3-4,9-11,23H,1-2,5-8,12H2,(H,26,27)/q+1. The highest BCUT2D eigenvalue weighted by molar-refractivity contribution is 9.10. The van der Waals surface area contributed by atoms with E-state index in [1.165, 1.54) is 0 Å². The normalized spacial score (nSPS) is 14.5. The lowest BCUT2D eigenvalue weighted by atomic mass is 9.99. The van der Waals surface area contributed by atoms with Crippen LogP contribution in [0.25, 0.3) is 0 Å². The third-order valence-corrected chi connectivity index (χ3v) is 7.35. The number of fused-ring (bicyclic) bond motifs is 1. The monoisotopic (exact) mass is 504 g/mol. The Morgan fingerprint density at radius 2 is 1.93 bits per heavy atom. The highest BCUT2D eigenvalue weighted by Crippen LogP contribution is 2.26. The number of nitrogens with one attached hydrogen (secondary N) is 1. The van der Waals surface area contributed by atoms with Crippen molar-refractivity contribution in [2.45, 2.75) is 30.7 Å². The molecule has 2 aromatic carbocycles. The van der Waals surface area contributed by atoms with Crippen LogP contribution in [-0.4, -0.2) is 43.1 Å². The average Bonchev–Trinajstić information content (AvgIpc) is 2.65. The molecule has 1 aliphatic heterocycles. The van der Waals surface area contributed by atoms with Gasteiger partial charge in [-0.3, -0.25) is 4.90 Å². The molecule has 0 atom stereocenters. The SMILES string of the molecule is O=[N+](O)c1ccc2c(c1)CN(CCCCNS(=O)(=O)c1c(F)cc(F)cc1Br)CC2. The summed E-state index contributed by atoms with van der Waals surface area (Å²) >= 11 is 2.89. The average molecular weight is 505 g/mol. The molecule has 1 heterocycles. The van der Waals surface area contributed by atoms with Gasteiger partial charge in [-0.2, -0.15) is 0 Å². The maximum Gasteiger partial charge on any atom is 0.316 e. The number of halogens is 3. The number of benzene rings is 2. The molecule has 3 rings (SSSR count). The van der Waals surface area contributed by atoms with Gasteiger partial charge >= 0.3 is 5.69 Å². The van der Waals surface area contributed by atoms with Crippen molar-refractivity contribution in [2.24, 2.45) is 0 Å². The lowest BCUT2D eigenvalue weighted by Crippen LogP contribution is -2.32. The molecule has 2 N–H and O–H groups in total. The summed E-state index contributed by atoms with van der Waals surface area (Å²) in [7, 11) is -4.11. The second-order valence-corrected chi connectivity index (χ2v) is 9.61. The Hall–Kier alpha value is -1.95. The van der Waals surface area contributed by atoms with Crippen LogP contribution in [0.2, 0.25) is 0 Å². The summed E-state index contributed by atoms with van der Waals surface area (Å²) in [4.78, 5) is 12.5. The molecule has 0 unspecified atom stereocenters. The van der Waals surface area contributed by atoms with Gasteiger partial charge in [-0.1, -0.05) is 6.07 Å². The molecule has 162 valence electrons. The van der Waals surface area contributed by atoms with Gasteiger partial charge in [0, 0.05) is 42.3 Å². The van der Waals surface area contributed by atoms with Crippen molar-refractivity contribution in [3.63, 3.8) is 0 Å². The molecule has 0 fully saturated rings. The molecule has 0 radical (unpaired) electrons. The highest BCUT2D eigenvalue weighted by Gasteiger charge is 2.24. The highest BCUT2D eigenvalue weighted by atomic mass is 79.9. The molecule has 0 amide bonds. The predicted molar refractivity (Wildman–Crippen MR) is 109 cm³/mol. The fourth-order valence-corrected chi connectivity index (χ4v) is 5.67. The summed E-state index contributed by atoms with van der Waals surface area (Å²) in [6.45, 7) is 2.32. The lowest BCUT2D eigenvalue weighted by Gasteiger charge is -2.28. The molecular weight excluding hydrogens is 484 g/mol. The number of unbranched alkanes of at least 4 members (excludes halogenated alkanes) is 1. The smallest absolute Gasteiger partial charge is 0.299 e. The van der Waals surface area contributed by atoms with Gasteiger partial charge in [-0.05, 0) is 58.9 Å². The number of nitrogens with zero attached hydrogens (tertiary/aromatic N) is 2. The zero-order valence-corrected chi connectivity index (χ0v) is 18.3. The van der Waals surface area contributed by atoms with Crippen molar-refractivity contribution in [2.75, 3.05) is 19.6 Å². The van der Waals surface area contributed by atoms with E-state index in [0.29, 0.717) is 25.5 Å². The summed E-state index contributed by atoms with van der Waals surface area (Å²) in [5.41, 5.74) is 2.30. The Balaban J connectivity index is 1.49. The van der Waals surface area contributed by atoms with Crippen LogP contribution in [0, 0.1) is 16.5 Å². The topological polar surface area (TPSA) is 89.7 Å². The van der Waals surface area contributed by atoms with E-state index in [-0.39, 0.29) is 21.6 Å². The number of hydrogen-bond donors (Lipinski definition) is 2. The van der Waals surface area contributed by atoms with Crippen LogP contribution >= 0.6 is 15.9 Å². The summed E-state index contributed by atoms with van der Waals surface area (Å²) in [5.74, 6) is -2.02. The molecule has 0 spiro atoms. The first-order chi connectivity index (χ1) is 14.2. The van der Waals surface area contributed by atoms with E-state index in [1.54, 1.807) is 12.1 Å². The Morgan fingerprint density at radius 3 is 2.63 bits per heavy atom. The van der Waals surface area contributed by atoms with Gasteiger partial charge in [0.05, 0.1) is 4.91 Å². The van der Waals surface area contributed by atoms with E-state index in [1.807, 2.05) is 6.07 Å². The molecular formula is C19H21BrF2N3O4S+. The fourth-order valence-electron chi connectivity index (χ4n) is 3.44. The van der Waals surface area contributed by atoms with Crippen LogP contribution in [0.5, 0.6) is 0 Å². The van der Waals surface area contributed by atoms with Crippen molar-refractivity contribution < 1.29 is 27.3 Å². The maximum atomic E-state index is 13.9. The molecule has 0 aromatic heterocycles.